The van der Waals surface area contributed by atoms with Crippen LogP contribution in [0.3, 0.4) is 0 Å². The summed E-state index contributed by atoms with van der Waals surface area (Å²) >= 11 is 0. The number of nitrogens with zero attached hydrogens (tertiary/aromatic N) is 1. The zero-order valence-corrected chi connectivity index (χ0v) is 13.0. The first-order valence-corrected chi connectivity index (χ1v) is 7.09. The van der Waals surface area contributed by atoms with E-state index in [0.29, 0.717) is 5.71 Å². The Bertz CT molecular complexity index is 679. The lowest BCUT2D eigenvalue weighted by Gasteiger charge is -2.07. The van der Waals surface area contributed by atoms with Gasteiger partial charge in [0, 0.05) is 5.69 Å². The van der Waals surface area contributed by atoms with Crippen molar-refractivity contribution < 1.29 is 14.6 Å². The maximum absolute atomic E-state index is 11.8. The SMILES string of the molecule is COc1ccc(NCC(=O)NN=C(C)c2ccc(O)cc2)cc1. The molecule has 0 fully saturated rings. The summed E-state index contributed by atoms with van der Waals surface area (Å²) in [7, 11) is 1.60. The molecule has 2 rings (SSSR count). The molecule has 23 heavy (non-hydrogen) atoms. The molecule has 1 amide bonds. The predicted octanol–water partition coefficient (Wildman–Crippen LogP) is 2.35. The summed E-state index contributed by atoms with van der Waals surface area (Å²) in [5, 5.41) is 16.3. The Hall–Kier alpha value is -3.02. The van der Waals surface area contributed by atoms with Crippen molar-refractivity contribution in [2.45, 2.75) is 6.92 Å². The van der Waals surface area contributed by atoms with Gasteiger partial charge in [0.1, 0.15) is 11.5 Å². The maximum Gasteiger partial charge on any atom is 0.259 e. The van der Waals surface area contributed by atoms with E-state index in [9.17, 15) is 9.90 Å². The zero-order valence-electron chi connectivity index (χ0n) is 13.0. The summed E-state index contributed by atoms with van der Waals surface area (Å²) in [6.07, 6.45) is 0. The Kier molecular flexibility index (Phi) is 5.57. The zero-order chi connectivity index (χ0) is 16.7. The third kappa shape index (κ3) is 5.03. The molecule has 0 radical (unpaired) electrons. The lowest BCUT2D eigenvalue weighted by atomic mass is 10.1. The number of hydrogen-bond acceptors (Lipinski definition) is 5. The molecule has 0 aliphatic carbocycles. The van der Waals surface area contributed by atoms with Crippen molar-refractivity contribution in [3.63, 3.8) is 0 Å². The van der Waals surface area contributed by atoms with E-state index >= 15 is 0 Å². The number of aromatic hydroxyl groups is 1. The Morgan fingerprint density at radius 3 is 2.39 bits per heavy atom. The summed E-state index contributed by atoms with van der Waals surface area (Å²) in [5.41, 5.74) is 4.79. The second-order valence-electron chi connectivity index (χ2n) is 4.86. The fourth-order valence-corrected chi connectivity index (χ4v) is 1.84. The average Bonchev–Trinajstić information content (AvgIpc) is 2.59. The van der Waals surface area contributed by atoms with Gasteiger partial charge in [-0.25, -0.2) is 5.43 Å². The van der Waals surface area contributed by atoms with Crippen molar-refractivity contribution >= 4 is 17.3 Å². The van der Waals surface area contributed by atoms with Crippen LogP contribution in [0, 0.1) is 0 Å². The van der Waals surface area contributed by atoms with E-state index < -0.39 is 0 Å². The highest BCUT2D eigenvalue weighted by Crippen LogP contribution is 2.14. The largest absolute Gasteiger partial charge is 0.508 e. The number of phenolic OH excluding ortho intramolecular Hbond substituents is 1. The van der Waals surface area contributed by atoms with Crippen LogP contribution in [0.1, 0.15) is 12.5 Å². The monoisotopic (exact) mass is 313 g/mol. The lowest BCUT2D eigenvalue weighted by Crippen LogP contribution is -2.26. The Labute approximate surface area is 134 Å². The number of nitrogens with one attached hydrogen (secondary N) is 2. The van der Waals surface area contributed by atoms with Gasteiger partial charge in [-0.3, -0.25) is 4.79 Å². The van der Waals surface area contributed by atoms with E-state index in [0.717, 1.165) is 17.0 Å². The molecule has 0 spiro atoms. The number of rotatable bonds is 6. The second-order valence-corrected chi connectivity index (χ2v) is 4.86. The van der Waals surface area contributed by atoms with Gasteiger partial charge in [0.2, 0.25) is 0 Å². The summed E-state index contributed by atoms with van der Waals surface area (Å²) in [5.74, 6) is 0.697. The normalized spacial score (nSPS) is 11.0. The molecule has 2 aromatic rings. The number of ether oxygens (including phenoxy) is 1. The third-order valence-electron chi connectivity index (χ3n) is 3.18. The molecule has 0 atom stereocenters. The van der Waals surface area contributed by atoms with Gasteiger partial charge in [-0.05, 0) is 61.0 Å². The average molecular weight is 313 g/mol. The summed E-state index contributed by atoms with van der Waals surface area (Å²) in [6, 6.07) is 13.9. The smallest absolute Gasteiger partial charge is 0.259 e. The van der Waals surface area contributed by atoms with Crippen molar-refractivity contribution in [1.29, 1.82) is 0 Å². The number of anilines is 1. The van der Waals surface area contributed by atoms with Crippen LogP contribution in [0.15, 0.2) is 53.6 Å². The van der Waals surface area contributed by atoms with Crippen molar-refractivity contribution in [2.24, 2.45) is 5.10 Å². The quantitative estimate of drug-likeness (QED) is 0.565. The van der Waals surface area contributed by atoms with E-state index in [1.807, 2.05) is 24.3 Å². The van der Waals surface area contributed by atoms with Crippen LogP contribution in [0.4, 0.5) is 5.69 Å². The maximum atomic E-state index is 11.8. The third-order valence-corrected chi connectivity index (χ3v) is 3.18. The minimum Gasteiger partial charge on any atom is -0.508 e. The van der Waals surface area contributed by atoms with Crippen molar-refractivity contribution in [3.8, 4) is 11.5 Å². The number of phenols is 1. The number of hydrogen-bond donors (Lipinski definition) is 3. The molecule has 0 unspecified atom stereocenters. The van der Waals surface area contributed by atoms with Gasteiger partial charge < -0.3 is 15.2 Å². The highest BCUT2D eigenvalue weighted by molar-refractivity contribution is 5.99. The summed E-state index contributed by atoms with van der Waals surface area (Å²) in [6.45, 7) is 1.89. The molecular formula is C17H19N3O3. The lowest BCUT2D eigenvalue weighted by molar-refractivity contribution is -0.119. The number of benzene rings is 2. The van der Waals surface area contributed by atoms with Crippen LogP contribution in [-0.4, -0.2) is 30.4 Å². The fourth-order valence-electron chi connectivity index (χ4n) is 1.84. The van der Waals surface area contributed by atoms with E-state index in [-0.39, 0.29) is 18.2 Å². The highest BCUT2D eigenvalue weighted by atomic mass is 16.5. The van der Waals surface area contributed by atoms with Gasteiger partial charge in [-0.15, -0.1) is 0 Å². The van der Waals surface area contributed by atoms with Crippen LogP contribution in [0.2, 0.25) is 0 Å². The van der Waals surface area contributed by atoms with E-state index in [2.05, 4.69) is 15.8 Å². The minimum atomic E-state index is -0.251. The first-order valence-electron chi connectivity index (χ1n) is 7.09. The molecule has 0 saturated heterocycles. The Morgan fingerprint density at radius 1 is 1.13 bits per heavy atom. The van der Waals surface area contributed by atoms with Crippen LogP contribution in [0.5, 0.6) is 11.5 Å². The molecule has 6 heteroatoms. The van der Waals surface area contributed by atoms with Gasteiger partial charge in [-0.2, -0.15) is 5.10 Å². The van der Waals surface area contributed by atoms with Crippen LogP contribution < -0.4 is 15.5 Å². The molecule has 0 aliphatic rings. The molecule has 0 aliphatic heterocycles. The molecule has 120 valence electrons. The van der Waals surface area contributed by atoms with Gasteiger partial charge in [0.15, 0.2) is 0 Å². The van der Waals surface area contributed by atoms with Gasteiger partial charge in [0.05, 0.1) is 19.4 Å². The number of hydrazone groups is 1. The number of carbonyl (C=O) groups excluding carboxylic acids is 1. The van der Waals surface area contributed by atoms with E-state index in [1.54, 1.807) is 38.3 Å². The van der Waals surface area contributed by atoms with Crippen molar-refractivity contribution in [1.82, 2.24) is 5.43 Å². The number of carbonyl (C=O) groups is 1. The Balaban J connectivity index is 1.84. The number of amides is 1. The first-order chi connectivity index (χ1) is 11.1. The molecular weight excluding hydrogens is 294 g/mol. The molecule has 2 aromatic carbocycles. The molecule has 3 N–H and O–H groups in total. The standard InChI is InChI=1S/C17H19N3O3/c1-12(13-3-7-15(21)8-4-13)19-20-17(22)11-18-14-5-9-16(23-2)10-6-14/h3-10,18,21H,11H2,1-2H3,(H,20,22). The van der Waals surface area contributed by atoms with Crippen molar-refractivity contribution in [3.05, 3.63) is 54.1 Å². The molecule has 0 heterocycles. The molecule has 0 bridgehead atoms. The molecule has 0 aromatic heterocycles. The number of methoxy groups -OCH3 is 1. The van der Waals surface area contributed by atoms with E-state index in [4.69, 9.17) is 4.74 Å². The highest BCUT2D eigenvalue weighted by Gasteiger charge is 2.02. The van der Waals surface area contributed by atoms with Crippen LogP contribution in [0.25, 0.3) is 0 Å². The summed E-state index contributed by atoms with van der Waals surface area (Å²) < 4.78 is 5.07. The topological polar surface area (TPSA) is 83.0 Å². The van der Waals surface area contributed by atoms with Gasteiger partial charge in [-0.1, -0.05) is 0 Å². The fraction of sp³-hybridized carbons (Fsp3) is 0.176. The summed E-state index contributed by atoms with van der Waals surface area (Å²) in [4.78, 5) is 11.8. The molecule has 0 saturated carbocycles. The predicted molar refractivity (Wildman–Crippen MR) is 89.9 cm³/mol. The second kappa shape index (κ2) is 7.84. The first kappa shape index (κ1) is 16.4. The van der Waals surface area contributed by atoms with Gasteiger partial charge in [0.25, 0.3) is 5.91 Å². The Morgan fingerprint density at radius 2 is 1.78 bits per heavy atom. The van der Waals surface area contributed by atoms with E-state index in [1.165, 1.54) is 0 Å². The minimum absolute atomic E-state index is 0.110. The van der Waals surface area contributed by atoms with Crippen molar-refractivity contribution in [2.75, 3.05) is 19.0 Å². The van der Waals surface area contributed by atoms with Crippen LogP contribution in [-0.2, 0) is 4.79 Å². The van der Waals surface area contributed by atoms with Crippen LogP contribution >= 0.6 is 0 Å². The van der Waals surface area contributed by atoms with Gasteiger partial charge >= 0.3 is 0 Å². The molecule has 6 nitrogen and oxygen atoms in total.